The van der Waals surface area contributed by atoms with Gasteiger partial charge in [0.25, 0.3) is 5.91 Å². The van der Waals surface area contributed by atoms with Crippen LogP contribution in [0.3, 0.4) is 0 Å². The molecule has 2 atom stereocenters. The van der Waals surface area contributed by atoms with E-state index in [9.17, 15) is 4.79 Å². The molecule has 1 aromatic carbocycles. The summed E-state index contributed by atoms with van der Waals surface area (Å²) < 4.78 is 5.33. The number of rotatable bonds is 4. The average Bonchev–Trinajstić information content (AvgIpc) is 2.64. The number of carbonyl (C=O) groups excluding carboxylic acids is 1. The number of benzene rings is 1. The summed E-state index contributed by atoms with van der Waals surface area (Å²) in [5.41, 5.74) is 2.18. The first-order valence-electron chi connectivity index (χ1n) is 9.01. The molecule has 0 saturated carbocycles. The number of hydrogen-bond donors (Lipinski definition) is 0. The van der Waals surface area contributed by atoms with Gasteiger partial charge >= 0.3 is 0 Å². The summed E-state index contributed by atoms with van der Waals surface area (Å²) in [5, 5.41) is 0. The molecule has 2 unspecified atom stereocenters. The topological polar surface area (TPSA) is 32.8 Å². The van der Waals surface area contributed by atoms with Gasteiger partial charge in [-0.05, 0) is 38.2 Å². The van der Waals surface area contributed by atoms with Gasteiger partial charge in [0, 0.05) is 32.2 Å². The maximum atomic E-state index is 12.6. The molecule has 0 radical (unpaired) electrons. The van der Waals surface area contributed by atoms with Crippen LogP contribution < -0.4 is 0 Å². The van der Waals surface area contributed by atoms with Crippen molar-refractivity contribution in [2.75, 3.05) is 20.2 Å². The molecule has 2 heterocycles. The normalized spacial score (nSPS) is 24.8. The number of nitrogens with zero attached hydrogens (tertiary/aromatic N) is 2. The fraction of sp³-hybridized carbons (Fsp3) is 0.550. The molecular formula is C20H28N2O2. The van der Waals surface area contributed by atoms with Gasteiger partial charge in [0.1, 0.15) is 0 Å². The lowest BCUT2D eigenvalue weighted by Gasteiger charge is -2.41. The summed E-state index contributed by atoms with van der Waals surface area (Å²) in [6.45, 7) is 5.03. The molecule has 0 spiro atoms. The zero-order valence-corrected chi connectivity index (χ0v) is 14.8. The predicted molar refractivity (Wildman–Crippen MR) is 95.4 cm³/mol. The van der Waals surface area contributed by atoms with Gasteiger partial charge < -0.3 is 9.64 Å². The minimum Gasteiger partial charge on any atom is -0.501 e. The number of likely N-dealkylation sites (tertiary alicyclic amines) is 1. The molecular weight excluding hydrogens is 300 g/mol. The van der Waals surface area contributed by atoms with E-state index in [1.807, 2.05) is 11.9 Å². The second-order valence-electron chi connectivity index (χ2n) is 7.02. The van der Waals surface area contributed by atoms with Crippen molar-refractivity contribution in [3.8, 4) is 0 Å². The molecule has 0 aromatic heterocycles. The predicted octanol–water partition coefficient (Wildman–Crippen LogP) is 3.19. The van der Waals surface area contributed by atoms with E-state index in [1.54, 1.807) is 6.26 Å². The van der Waals surface area contributed by atoms with Gasteiger partial charge in [-0.2, -0.15) is 0 Å². The molecule has 4 nitrogen and oxygen atoms in total. The Kier molecular flexibility index (Phi) is 5.56. The summed E-state index contributed by atoms with van der Waals surface area (Å²) in [7, 11) is 1.95. The number of carbonyl (C=O) groups is 1. The molecule has 130 valence electrons. The van der Waals surface area contributed by atoms with Gasteiger partial charge in [0.15, 0.2) is 0 Å². The van der Waals surface area contributed by atoms with E-state index >= 15 is 0 Å². The van der Waals surface area contributed by atoms with Crippen molar-refractivity contribution in [3.63, 3.8) is 0 Å². The van der Waals surface area contributed by atoms with Crippen LogP contribution in [0.5, 0.6) is 0 Å². The second-order valence-corrected chi connectivity index (χ2v) is 7.02. The van der Waals surface area contributed by atoms with E-state index in [4.69, 9.17) is 4.74 Å². The third kappa shape index (κ3) is 3.99. The van der Waals surface area contributed by atoms with Crippen molar-refractivity contribution in [2.45, 2.75) is 51.2 Å². The molecule has 1 saturated heterocycles. The molecule has 3 rings (SSSR count). The van der Waals surface area contributed by atoms with Crippen LogP contribution in [0.25, 0.3) is 0 Å². The van der Waals surface area contributed by atoms with Gasteiger partial charge in [-0.1, -0.05) is 30.3 Å². The monoisotopic (exact) mass is 328 g/mol. The van der Waals surface area contributed by atoms with Gasteiger partial charge in [0.05, 0.1) is 18.4 Å². The van der Waals surface area contributed by atoms with E-state index in [0.29, 0.717) is 12.1 Å². The van der Waals surface area contributed by atoms with E-state index in [1.165, 1.54) is 5.56 Å². The van der Waals surface area contributed by atoms with Crippen LogP contribution in [-0.2, 0) is 16.1 Å². The largest absolute Gasteiger partial charge is 0.501 e. The molecule has 1 amide bonds. The zero-order valence-electron chi connectivity index (χ0n) is 14.8. The van der Waals surface area contributed by atoms with Crippen molar-refractivity contribution in [2.24, 2.45) is 0 Å². The van der Waals surface area contributed by atoms with Gasteiger partial charge in [-0.15, -0.1) is 0 Å². The highest BCUT2D eigenvalue weighted by Crippen LogP contribution is 2.25. The fourth-order valence-corrected chi connectivity index (χ4v) is 3.71. The first-order chi connectivity index (χ1) is 11.6. The first-order valence-corrected chi connectivity index (χ1v) is 9.01. The fourth-order valence-electron chi connectivity index (χ4n) is 3.71. The van der Waals surface area contributed by atoms with Crippen LogP contribution in [0, 0.1) is 0 Å². The average molecular weight is 328 g/mol. The maximum Gasteiger partial charge on any atom is 0.252 e. The van der Waals surface area contributed by atoms with E-state index < -0.39 is 0 Å². The number of piperidine rings is 1. The third-order valence-corrected chi connectivity index (χ3v) is 5.29. The van der Waals surface area contributed by atoms with E-state index in [0.717, 1.165) is 51.0 Å². The van der Waals surface area contributed by atoms with Crippen LogP contribution in [0.2, 0.25) is 0 Å². The molecule has 2 aliphatic rings. The minimum absolute atomic E-state index is 0.142. The highest BCUT2D eigenvalue weighted by Gasteiger charge is 2.31. The Bertz CT molecular complexity index is 585. The van der Waals surface area contributed by atoms with Crippen molar-refractivity contribution < 1.29 is 9.53 Å². The molecule has 0 N–H and O–H groups in total. The minimum atomic E-state index is 0.142. The molecule has 2 aliphatic heterocycles. The smallest absolute Gasteiger partial charge is 0.252 e. The number of likely N-dealkylation sites (N-methyl/N-ethyl adjacent to an activating group) is 1. The quantitative estimate of drug-likeness (QED) is 0.851. The van der Waals surface area contributed by atoms with Crippen LogP contribution >= 0.6 is 0 Å². The van der Waals surface area contributed by atoms with Crippen LogP contribution in [0.4, 0.5) is 0 Å². The van der Waals surface area contributed by atoms with Crippen LogP contribution in [0.15, 0.2) is 42.2 Å². The SMILES string of the molecule is CC1CC(N(C)C(=O)C2=COCCC2)CCN1Cc1ccccc1. The second kappa shape index (κ2) is 7.84. The molecule has 1 fully saturated rings. The Hall–Kier alpha value is -1.81. The maximum absolute atomic E-state index is 12.6. The van der Waals surface area contributed by atoms with E-state index in [2.05, 4.69) is 42.2 Å². The Morgan fingerprint density at radius 2 is 2.12 bits per heavy atom. The Balaban J connectivity index is 1.56. The summed E-state index contributed by atoms with van der Waals surface area (Å²) in [6.07, 6.45) is 5.51. The number of hydrogen-bond acceptors (Lipinski definition) is 3. The van der Waals surface area contributed by atoms with Crippen molar-refractivity contribution >= 4 is 5.91 Å². The highest BCUT2D eigenvalue weighted by atomic mass is 16.5. The van der Waals surface area contributed by atoms with Gasteiger partial charge in [0.2, 0.25) is 0 Å². The first kappa shape index (κ1) is 17.0. The lowest BCUT2D eigenvalue weighted by molar-refractivity contribution is -0.129. The molecule has 24 heavy (non-hydrogen) atoms. The lowest BCUT2D eigenvalue weighted by atomic mass is 9.95. The van der Waals surface area contributed by atoms with Crippen LogP contribution in [0.1, 0.15) is 38.2 Å². The molecule has 1 aromatic rings. The standard InChI is InChI=1S/C20H28N2O2/c1-16-13-19(21(2)20(23)18-9-6-12-24-15-18)10-11-22(16)14-17-7-4-3-5-8-17/h3-5,7-8,15-16,19H,6,9-14H2,1-2H3. The summed E-state index contributed by atoms with van der Waals surface area (Å²) in [4.78, 5) is 17.1. The Morgan fingerprint density at radius 3 is 2.79 bits per heavy atom. The Labute approximate surface area is 145 Å². The molecule has 4 heteroatoms. The van der Waals surface area contributed by atoms with Gasteiger partial charge in [-0.25, -0.2) is 0 Å². The van der Waals surface area contributed by atoms with Crippen molar-refractivity contribution in [3.05, 3.63) is 47.7 Å². The summed E-state index contributed by atoms with van der Waals surface area (Å²) >= 11 is 0. The van der Waals surface area contributed by atoms with Crippen molar-refractivity contribution in [1.82, 2.24) is 9.80 Å². The summed E-state index contributed by atoms with van der Waals surface area (Å²) in [6, 6.07) is 11.4. The Morgan fingerprint density at radius 1 is 1.33 bits per heavy atom. The lowest BCUT2D eigenvalue weighted by Crippen LogP contribution is -2.49. The van der Waals surface area contributed by atoms with Gasteiger partial charge in [-0.3, -0.25) is 9.69 Å². The molecule has 0 bridgehead atoms. The highest BCUT2D eigenvalue weighted by molar-refractivity contribution is 5.93. The number of ether oxygens (including phenoxy) is 1. The number of amides is 1. The summed E-state index contributed by atoms with van der Waals surface area (Å²) in [5.74, 6) is 0.142. The van der Waals surface area contributed by atoms with Crippen LogP contribution in [-0.4, -0.2) is 48.0 Å². The van der Waals surface area contributed by atoms with E-state index in [-0.39, 0.29) is 5.91 Å². The zero-order chi connectivity index (χ0) is 16.9. The molecule has 0 aliphatic carbocycles. The third-order valence-electron chi connectivity index (χ3n) is 5.29. The van der Waals surface area contributed by atoms with Crippen molar-refractivity contribution in [1.29, 1.82) is 0 Å².